The van der Waals surface area contributed by atoms with Crippen LogP contribution in [0.1, 0.15) is 51.0 Å². The van der Waals surface area contributed by atoms with E-state index < -0.39 is 23.3 Å². The maximum absolute atomic E-state index is 14.4. The van der Waals surface area contributed by atoms with Crippen molar-refractivity contribution >= 4 is 12.1 Å². The molecule has 1 aromatic rings. The van der Waals surface area contributed by atoms with Gasteiger partial charge in [-0.3, -0.25) is 0 Å². The third kappa shape index (κ3) is 3.83. The largest absolute Gasteiger partial charge is 0.335 e. The van der Waals surface area contributed by atoms with Crippen LogP contribution >= 0.6 is 12.1 Å². The van der Waals surface area contributed by atoms with Gasteiger partial charge in [-0.1, -0.05) is 31.9 Å². The van der Waals surface area contributed by atoms with Crippen LogP contribution in [-0.2, 0) is 5.92 Å². The lowest BCUT2D eigenvalue weighted by atomic mass is 9.75. The fourth-order valence-electron chi connectivity index (χ4n) is 3.39. The molecule has 0 unspecified atom stereocenters. The molecule has 1 fully saturated rings. The topological polar surface area (TPSA) is 0 Å². The van der Waals surface area contributed by atoms with E-state index in [1.54, 1.807) is 0 Å². The van der Waals surface area contributed by atoms with Crippen molar-refractivity contribution in [3.63, 3.8) is 0 Å². The summed E-state index contributed by atoms with van der Waals surface area (Å²) in [5, 5.41) is 0. The summed E-state index contributed by atoms with van der Waals surface area (Å²) in [6.45, 7) is 2.04. The molecule has 1 saturated carbocycles. The number of benzene rings is 1. The van der Waals surface area contributed by atoms with Crippen molar-refractivity contribution in [2.75, 3.05) is 0 Å². The lowest BCUT2D eigenvalue weighted by Crippen LogP contribution is -2.45. The third-order valence-corrected chi connectivity index (χ3v) is 5.23. The fraction of sp³-hybridized carbons (Fsp3) is 0.647. The second kappa shape index (κ2) is 7.41. The molecule has 6 heteroatoms. The molecule has 0 heterocycles. The molecule has 0 bridgehead atoms. The first-order valence-corrected chi connectivity index (χ1v) is 8.69. The summed E-state index contributed by atoms with van der Waals surface area (Å²) in [7, 11) is 0. The van der Waals surface area contributed by atoms with Crippen molar-refractivity contribution in [1.82, 2.24) is 0 Å². The summed E-state index contributed by atoms with van der Waals surface area (Å²) in [6, 6.07) is 3.97. The molecular weight excluding hydrogens is 331 g/mol. The van der Waals surface area contributed by atoms with Crippen molar-refractivity contribution in [3.8, 4) is 0 Å². The summed E-state index contributed by atoms with van der Waals surface area (Å²) in [5.74, 6) is -9.26. The quantitative estimate of drug-likeness (QED) is 0.497. The van der Waals surface area contributed by atoms with Gasteiger partial charge in [-0.2, -0.15) is 21.4 Å². The van der Waals surface area contributed by atoms with Crippen molar-refractivity contribution in [2.45, 2.75) is 62.2 Å². The number of rotatable bonds is 6. The average Bonchev–Trinajstić information content (AvgIpc) is 2.55. The molecule has 1 aliphatic rings. The SMILES string of the molecule is CCCC1CCC(C(F)(F)C(F)(F)c2ccc(SF)cc2)CC1. The molecule has 0 N–H and O–H groups in total. The van der Waals surface area contributed by atoms with Crippen LogP contribution in [0.25, 0.3) is 0 Å². The lowest BCUT2D eigenvalue weighted by molar-refractivity contribution is -0.249. The first-order chi connectivity index (χ1) is 10.8. The van der Waals surface area contributed by atoms with Gasteiger partial charge < -0.3 is 0 Å². The summed E-state index contributed by atoms with van der Waals surface area (Å²) >= 11 is -0.104. The van der Waals surface area contributed by atoms with Crippen LogP contribution in [-0.4, -0.2) is 5.92 Å². The van der Waals surface area contributed by atoms with Gasteiger partial charge in [-0.05, 0) is 43.7 Å². The van der Waals surface area contributed by atoms with E-state index in [2.05, 4.69) is 0 Å². The van der Waals surface area contributed by atoms with E-state index in [9.17, 15) is 21.4 Å². The standard InChI is InChI=1S/C17H21F5S/c1-2-3-12-4-6-13(7-5-12)16(18,19)17(20,21)14-8-10-15(23-22)11-9-14/h8-13H,2-7H2,1H3. The molecule has 0 radical (unpaired) electrons. The summed E-state index contributed by atoms with van der Waals surface area (Å²) < 4.78 is 69.9. The highest BCUT2D eigenvalue weighted by molar-refractivity contribution is 7.94. The van der Waals surface area contributed by atoms with E-state index in [0.29, 0.717) is 18.8 Å². The molecule has 130 valence electrons. The van der Waals surface area contributed by atoms with E-state index in [4.69, 9.17) is 0 Å². The first kappa shape index (κ1) is 18.6. The Balaban J connectivity index is 2.13. The average molecular weight is 352 g/mol. The van der Waals surface area contributed by atoms with Gasteiger partial charge >= 0.3 is 11.8 Å². The highest BCUT2D eigenvalue weighted by atomic mass is 32.2. The Morgan fingerprint density at radius 3 is 2.04 bits per heavy atom. The summed E-state index contributed by atoms with van der Waals surface area (Å²) in [4.78, 5) is 0.118. The van der Waals surface area contributed by atoms with Crippen molar-refractivity contribution in [2.24, 2.45) is 11.8 Å². The van der Waals surface area contributed by atoms with Crippen LogP contribution in [0.4, 0.5) is 21.4 Å². The van der Waals surface area contributed by atoms with Crippen molar-refractivity contribution < 1.29 is 21.4 Å². The van der Waals surface area contributed by atoms with Crippen LogP contribution in [0.3, 0.4) is 0 Å². The Morgan fingerprint density at radius 1 is 1.00 bits per heavy atom. The predicted molar refractivity (Wildman–Crippen MR) is 82.6 cm³/mol. The first-order valence-electron chi connectivity index (χ1n) is 7.97. The highest BCUT2D eigenvalue weighted by Crippen LogP contribution is 2.52. The van der Waals surface area contributed by atoms with E-state index in [0.717, 1.165) is 37.1 Å². The molecule has 23 heavy (non-hydrogen) atoms. The van der Waals surface area contributed by atoms with Gasteiger partial charge in [-0.15, -0.1) is 0 Å². The molecule has 1 aromatic carbocycles. The molecule has 0 aromatic heterocycles. The zero-order valence-corrected chi connectivity index (χ0v) is 13.8. The minimum atomic E-state index is -4.24. The summed E-state index contributed by atoms with van der Waals surface area (Å²) in [6.07, 6.45) is 3.39. The Hall–Kier alpha value is -0.780. The van der Waals surface area contributed by atoms with E-state index in [1.165, 1.54) is 0 Å². The molecule has 0 aliphatic heterocycles. The monoisotopic (exact) mass is 352 g/mol. The highest BCUT2D eigenvalue weighted by Gasteiger charge is 2.61. The maximum atomic E-state index is 14.4. The smallest absolute Gasteiger partial charge is 0.199 e. The van der Waals surface area contributed by atoms with E-state index in [-0.39, 0.29) is 29.9 Å². The fourth-order valence-corrected chi connectivity index (χ4v) is 3.63. The Kier molecular flexibility index (Phi) is 5.98. The zero-order valence-electron chi connectivity index (χ0n) is 13.0. The minimum absolute atomic E-state index is 0.104. The van der Waals surface area contributed by atoms with E-state index in [1.807, 2.05) is 6.92 Å². The molecule has 0 amide bonds. The minimum Gasteiger partial charge on any atom is -0.199 e. The zero-order chi connectivity index (χ0) is 17.1. The molecule has 0 atom stereocenters. The Labute approximate surface area is 138 Å². The van der Waals surface area contributed by atoms with Crippen LogP contribution < -0.4 is 0 Å². The molecule has 0 saturated heterocycles. The van der Waals surface area contributed by atoms with Gasteiger partial charge in [-0.25, -0.2) is 0 Å². The molecule has 2 rings (SSSR count). The Bertz CT molecular complexity index is 492. The van der Waals surface area contributed by atoms with Crippen LogP contribution in [0, 0.1) is 11.8 Å². The van der Waals surface area contributed by atoms with Gasteiger partial charge in [0.15, 0.2) is 0 Å². The number of hydrogen-bond acceptors (Lipinski definition) is 1. The third-order valence-electron chi connectivity index (χ3n) is 4.78. The van der Waals surface area contributed by atoms with Crippen LogP contribution in [0.15, 0.2) is 29.2 Å². The lowest BCUT2D eigenvalue weighted by Gasteiger charge is -2.37. The molecule has 0 nitrogen and oxygen atoms in total. The van der Waals surface area contributed by atoms with E-state index >= 15 is 0 Å². The second-order valence-electron chi connectivity index (χ2n) is 6.31. The van der Waals surface area contributed by atoms with Gasteiger partial charge in [0.1, 0.15) is 0 Å². The number of halogens is 5. The number of alkyl halides is 4. The van der Waals surface area contributed by atoms with Gasteiger partial charge in [0.2, 0.25) is 0 Å². The predicted octanol–water partition coefficient (Wildman–Crippen LogP) is 7.00. The van der Waals surface area contributed by atoms with Gasteiger partial charge in [0, 0.05) is 16.4 Å². The normalized spacial score (nSPS) is 23.0. The molecule has 1 aliphatic carbocycles. The van der Waals surface area contributed by atoms with Gasteiger partial charge in [0.05, 0.1) is 12.1 Å². The van der Waals surface area contributed by atoms with Gasteiger partial charge in [0.25, 0.3) is 0 Å². The summed E-state index contributed by atoms with van der Waals surface area (Å²) in [5.41, 5.74) is -0.754. The second-order valence-corrected chi connectivity index (χ2v) is 6.93. The Morgan fingerprint density at radius 2 is 1.57 bits per heavy atom. The molecular formula is C17H21F5S. The van der Waals surface area contributed by atoms with Crippen molar-refractivity contribution in [1.29, 1.82) is 0 Å². The maximum Gasteiger partial charge on any atom is 0.335 e. The van der Waals surface area contributed by atoms with Crippen LogP contribution in [0.2, 0.25) is 0 Å². The van der Waals surface area contributed by atoms with Crippen molar-refractivity contribution in [3.05, 3.63) is 29.8 Å². The molecule has 0 spiro atoms. The van der Waals surface area contributed by atoms with Crippen LogP contribution in [0.5, 0.6) is 0 Å². The number of hydrogen-bond donors (Lipinski definition) is 0.